The SMILES string of the molecule is CCOC(=O)/C(OS(=O)(=O)C(F)(F)F)=C(/C(=O)OCC)c1ccccc1. The van der Waals surface area contributed by atoms with E-state index in [2.05, 4.69) is 8.92 Å². The highest BCUT2D eigenvalue weighted by Crippen LogP contribution is 2.30. The van der Waals surface area contributed by atoms with Crippen LogP contribution in [0.15, 0.2) is 36.1 Å². The Kier molecular flexibility index (Phi) is 7.19. The highest BCUT2D eigenvalue weighted by Gasteiger charge is 2.50. The molecule has 0 saturated heterocycles. The van der Waals surface area contributed by atoms with Crippen LogP contribution in [0.2, 0.25) is 0 Å². The number of ether oxygens (including phenoxy) is 2. The third-order valence-corrected chi connectivity index (χ3v) is 3.66. The monoisotopic (exact) mass is 396 g/mol. The van der Waals surface area contributed by atoms with E-state index in [4.69, 9.17) is 4.74 Å². The third-order valence-electron chi connectivity index (χ3n) is 2.71. The Bertz CT molecular complexity index is 783. The van der Waals surface area contributed by atoms with Crippen LogP contribution < -0.4 is 0 Å². The summed E-state index contributed by atoms with van der Waals surface area (Å²) in [4.78, 5) is 24.2. The number of rotatable bonds is 7. The summed E-state index contributed by atoms with van der Waals surface area (Å²) in [5, 5.41) is 0. The van der Waals surface area contributed by atoms with E-state index in [0.717, 1.165) is 0 Å². The third kappa shape index (κ3) is 5.22. The first-order chi connectivity index (χ1) is 12.0. The maximum Gasteiger partial charge on any atom is 0.534 e. The molecular formula is C15H15F3O7S. The molecule has 11 heteroatoms. The van der Waals surface area contributed by atoms with E-state index in [1.807, 2.05) is 0 Å². The van der Waals surface area contributed by atoms with Gasteiger partial charge in [-0.3, -0.25) is 0 Å². The molecule has 0 fully saturated rings. The zero-order valence-corrected chi connectivity index (χ0v) is 14.5. The Morgan fingerprint density at radius 1 is 0.962 bits per heavy atom. The van der Waals surface area contributed by atoms with Gasteiger partial charge in [0, 0.05) is 0 Å². The minimum atomic E-state index is -6.23. The van der Waals surface area contributed by atoms with Crippen molar-refractivity contribution in [3.05, 3.63) is 41.7 Å². The molecule has 1 rings (SSSR count). The van der Waals surface area contributed by atoms with Gasteiger partial charge in [-0.25, -0.2) is 9.59 Å². The van der Waals surface area contributed by atoms with Gasteiger partial charge in [-0.2, -0.15) is 21.6 Å². The summed E-state index contributed by atoms with van der Waals surface area (Å²) in [6, 6.07) is 6.87. The number of carbonyl (C=O) groups excluding carboxylic acids is 2. The van der Waals surface area contributed by atoms with Crippen LogP contribution in [-0.4, -0.2) is 39.1 Å². The Morgan fingerprint density at radius 2 is 1.46 bits per heavy atom. The normalized spacial score (nSPS) is 12.8. The summed E-state index contributed by atoms with van der Waals surface area (Å²) in [5.74, 6) is -4.25. The van der Waals surface area contributed by atoms with E-state index >= 15 is 0 Å². The Hall–Kier alpha value is -2.56. The van der Waals surface area contributed by atoms with Crippen molar-refractivity contribution in [1.29, 1.82) is 0 Å². The van der Waals surface area contributed by atoms with Gasteiger partial charge in [0.15, 0.2) is 0 Å². The number of esters is 2. The summed E-state index contributed by atoms with van der Waals surface area (Å²) in [5.41, 5.74) is -6.72. The molecule has 0 aliphatic carbocycles. The zero-order valence-electron chi connectivity index (χ0n) is 13.7. The fourth-order valence-electron chi connectivity index (χ4n) is 1.68. The molecule has 0 unspecified atom stereocenters. The molecule has 1 aromatic carbocycles. The molecule has 144 valence electrons. The molecule has 0 amide bonds. The van der Waals surface area contributed by atoms with Crippen LogP contribution in [0.25, 0.3) is 5.57 Å². The van der Waals surface area contributed by atoms with Crippen molar-refractivity contribution in [1.82, 2.24) is 0 Å². The molecule has 0 atom stereocenters. The Morgan fingerprint density at radius 3 is 1.92 bits per heavy atom. The molecule has 0 radical (unpaired) electrons. The number of halogens is 3. The molecule has 1 aromatic rings. The Balaban J connectivity index is 3.67. The summed E-state index contributed by atoms with van der Waals surface area (Å²) < 4.78 is 73.8. The summed E-state index contributed by atoms with van der Waals surface area (Å²) in [6.45, 7) is 2.26. The van der Waals surface area contributed by atoms with Gasteiger partial charge in [0.25, 0.3) is 0 Å². The topological polar surface area (TPSA) is 96.0 Å². The van der Waals surface area contributed by atoms with Crippen LogP contribution in [0, 0.1) is 0 Å². The minimum Gasteiger partial charge on any atom is -0.462 e. The zero-order chi connectivity index (χ0) is 20.0. The van der Waals surface area contributed by atoms with Gasteiger partial charge >= 0.3 is 27.6 Å². The molecule has 0 spiro atoms. The first-order valence-electron chi connectivity index (χ1n) is 7.19. The lowest BCUT2D eigenvalue weighted by Crippen LogP contribution is -2.29. The fourth-order valence-corrected chi connectivity index (χ4v) is 2.15. The van der Waals surface area contributed by atoms with Gasteiger partial charge in [-0.1, -0.05) is 30.3 Å². The predicted octanol–water partition coefficient (Wildman–Crippen LogP) is 2.39. The second-order valence-electron chi connectivity index (χ2n) is 4.49. The molecule has 0 bridgehead atoms. The van der Waals surface area contributed by atoms with E-state index in [9.17, 15) is 31.2 Å². The van der Waals surface area contributed by atoms with Crippen LogP contribution in [0.1, 0.15) is 19.4 Å². The van der Waals surface area contributed by atoms with Gasteiger partial charge in [0.05, 0.1) is 13.2 Å². The van der Waals surface area contributed by atoms with Crippen molar-refractivity contribution in [3.8, 4) is 0 Å². The predicted molar refractivity (Wildman–Crippen MR) is 82.7 cm³/mol. The van der Waals surface area contributed by atoms with Crippen LogP contribution in [0.4, 0.5) is 13.2 Å². The first kappa shape index (κ1) is 21.5. The number of hydrogen-bond acceptors (Lipinski definition) is 7. The van der Waals surface area contributed by atoms with Gasteiger partial charge in [0.2, 0.25) is 5.76 Å². The number of carbonyl (C=O) groups is 2. The first-order valence-corrected chi connectivity index (χ1v) is 8.60. The molecule has 26 heavy (non-hydrogen) atoms. The standard InChI is InChI=1S/C15H15F3O7S/c1-3-23-13(19)11(10-8-6-5-7-9-10)12(14(20)24-4-2)25-26(21,22)15(16,17)18/h5-9H,3-4H2,1-2H3/b12-11-. The van der Waals surface area contributed by atoms with Crippen molar-refractivity contribution in [2.75, 3.05) is 13.2 Å². The van der Waals surface area contributed by atoms with Crippen LogP contribution in [0.3, 0.4) is 0 Å². The lowest BCUT2D eigenvalue weighted by Gasteiger charge is -2.15. The molecule has 0 heterocycles. The van der Waals surface area contributed by atoms with Crippen molar-refractivity contribution >= 4 is 27.6 Å². The summed E-state index contributed by atoms with van der Waals surface area (Å²) >= 11 is 0. The summed E-state index contributed by atoms with van der Waals surface area (Å²) in [7, 11) is -6.23. The second kappa shape index (κ2) is 8.70. The molecular weight excluding hydrogens is 381 g/mol. The van der Waals surface area contributed by atoms with E-state index < -0.39 is 38.9 Å². The molecule has 0 aromatic heterocycles. The van der Waals surface area contributed by atoms with Gasteiger partial charge in [-0.05, 0) is 19.4 Å². The van der Waals surface area contributed by atoms with Crippen LogP contribution in [0.5, 0.6) is 0 Å². The average molecular weight is 396 g/mol. The smallest absolute Gasteiger partial charge is 0.462 e. The molecule has 0 saturated carbocycles. The van der Waals surface area contributed by atoms with Crippen LogP contribution in [-0.2, 0) is 33.4 Å². The Labute approximate surface area is 147 Å². The van der Waals surface area contributed by atoms with Crippen molar-refractivity contribution in [2.45, 2.75) is 19.4 Å². The van der Waals surface area contributed by atoms with Crippen molar-refractivity contribution in [3.63, 3.8) is 0 Å². The summed E-state index contributed by atoms with van der Waals surface area (Å²) in [6.07, 6.45) is 0. The van der Waals surface area contributed by atoms with Gasteiger partial charge < -0.3 is 13.7 Å². The largest absolute Gasteiger partial charge is 0.534 e. The lowest BCUT2D eigenvalue weighted by molar-refractivity contribution is -0.142. The van der Waals surface area contributed by atoms with Crippen LogP contribution >= 0.6 is 0 Å². The van der Waals surface area contributed by atoms with Gasteiger partial charge in [-0.15, -0.1) is 0 Å². The fraction of sp³-hybridized carbons (Fsp3) is 0.333. The highest BCUT2D eigenvalue weighted by atomic mass is 32.2. The molecule has 0 aliphatic rings. The maximum absolute atomic E-state index is 12.7. The highest BCUT2D eigenvalue weighted by molar-refractivity contribution is 7.87. The second-order valence-corrected chi connectivity index (χ2v) is 6.03. The average Bonchev–Trinajstić information content (AvgIpc) is 2.54. The quantitative estimate of drug-likeness (QED) is 0.230. The van der Waals surface area contributed by atoms with Crippen molar-refractivity contribution < 1.29 is 44.8 Å². The molecule has 0 N–H and O–H groups in total. The van der Waals surface area contributed by atoms with E-state index in [1.165, 1.54) is 44.2 Å². The molecule has 0 aliphatic heterocycles. The maximum atomic E-state index is 12.7. The minimum absolute atomic E-state index is 0.0913. The van der Waals surface area contributed by atoms with E-state index in [1.54, 1.807) is 0 Å². The van der Waals surface area contributed by atoms with Crippen molar-refractivity contribution in [2.24, 2.45) is 0 Å². The van der Waals surface area contributed by atoms with E-state index in [0.29, 0.717) is 0 Å². The lowest BCUT2D eigenvalue weighted by atomic mass is 10.0. The number of hydrogen-bond donors (Lipinski definition) is 0. The number of benzene rings is 1. The molecule has 7 nitrogen and oxygen atoms in total. The van der Waals surface area contributed by atoms with Gasteiger partial charge in [0.1, 0.15) is 5.57 Å². The van der Waals surface area contributed by atoms with E-state index in [-0.39, 0.29) is 18.8 Å². The number of alkyl halides is 3.